The Bertz CT molecular complexity index is 1950. The minimum absolute atomic E-state index is 0.00989. The molecule has 244 valence electrons. The van der Waals surface area contributed by atoms with Crippen LogP contribution in [0.4, 0.5) is 17.2 Å². The van der Waals surface area contributed by atoms with E-state index in [4.69, 9.17) is 14.6 Å². The first-order valence-electron chi connectivity index (χ1n) is 16.5. The molecule has 12 nitrogen and oxygen atoms in total. The summed E-state index contributed by atoms with van der Waals surface area (Å²) < 4.78 is 16.7. The van der Waals surface area contributed by atoms with E-state index in [0.717, 1.165) is 75.4 Å². The Morgan fingerprint density at radius 3 is 2.72 bits per heavy atom. The largest absolute Gasteiger partial charge is 0.461 e. The average molecular weight is 638 g/mol. The standard InChI is InChI=1S/C35H39N7O5/c1-22(43)47-21-28-27(7-5-9-31(28)41-12-11-40-30-8-4-3-6-23(30)15-32(40)35(41)45)24-14-29(34(44)38(2)17-24)36-33-16-25-18-39(26-19-46-20-26)10-13-42(25)37-33/h5,7,9,14-17,26H,3-4,6,8,10-13,18-21H2,1-2H3,(H,36,37). The van der Waals surface area contributed by atoms with Crippen molar-refractivity contribution in [2.75, 3.05) is 36.5 Å². The molecule has 0 unspecified atom stereocenters. The monoisotopic (exact) mass is 637 g/mol. The van der Waals surface area contributed by atoms with Crippen LogP contribution in [0.3, 0.4) is 0 Å². The summed E-state index contributed by atoms with van der Waals surface area (Å²) in [7, 11) is 1.72. The van der Waals surface area contributed by atoms with Gasteiger partial charge in [-0.05, 0) is 55.0 Å². The van der Waals surface area contributed by atoms with E-state index in [2.05, 4.69) is 20.9 Å². The van der Waals surface area contributed by atoms with Crippen LogP contribution in [0.25, 0.3) is 11.1 Å². The summed E-state index contributed by atoms with van der Waals surface area (Å²) in [5, 5.41) is 8.03. The van der Waals surface area contributed by atoms with Crippen molar-refractivity contribution in [2.24, 2.45) is 7.05 Å². The van der Waals surface area contributed by atoms with Gasteiger partial charge in [0.2, 0.25) is 0 Å². The molecule has 1 saturated heterocycles. The molecule has 0 radical (unpaired) electrons. The van der Waals surface area contributed by atoms with E-state index in [1.807, 2.05) is 35.0 Å². The van der Waals surface area contributed by atoms with Crippen molar-refractivity contribution in [1.82, 2.24) is 23.8 Å². The maximum Gasteiger partial charge on any atom is 0.302 e. The van der Waals surface area contributed by atoms with E-state index in [1.54, 1.807) is 18.1 Å². The van der Waals surface area contributed by atoms with Crippen LogP contribution >= 0.6 is 0 Å². The van der Waals surface area contributed by atoms with Crippen molar-refractivity contribution in [1.29, 1.82) is 0 Å². The zero-order valence-electron chi connectivity index (χ0n) is 26.8. The normalized spacial score (nSPS) is 17.9. The molecular formula is C35H39N7O5. The third-order valence-electron chi connectivity index (χ3n) is 10.0. The highest BCUT2D eigenvalue weighted by Crippen LogP contribution is 2.36. The number of nitrogens with one attached hydrogen (secondary N) is 1. The Morgan fingerprint density at radius 2 is 1.91 bits per heavy atom. The van der Waals surface area contributed by atoms with Crippen LogP contribution in [0.1, 0.15) is 52.8 Å². The molecule has 4 aromatic rings. The Kier molecular flexibility index (Phi) is 7.48. The van der Waals surface area contributed by atoms with Gasteiger partial charge in [0.05, 0.1) is 37.2 Å². The predicted molar refractivity (Wildman–Crippen MR) is 176 cm³/mol. The maximum absolute atomic E-state index is 14.0. The highest BCUT2D eigenvalue weighted by atomic mass is 16.5. The predicted octanol–water partition coefficient (Wildman–Crippen LogP) is 3.61. The smallest absolute Gasteiger partial charge is 0.302 e. The number of ether oxygens (including phenoxy) is 2. The highest BCUT2D eigenvalue weighted by Gasteiger charge is 2.32. The first kappa shape index (κ1) is 29.7. The third-order valence-corrected chi connectivity index (χ3v) is 10.0. The summed E-state index contributed by atoms with van der Waals surface area (Å²) in [4.78, 5) is 43.6. The number of fused-ring (bicyclic) bond motifs is 4. The Hall–Kier alpha value is -4.68. The van der Waals surface area contributed by atoms with Gasteiger partial charge in [-0.1, -0.05) is 12.1 Å². The second kappa shape index (κ2) is 11.8. The minimum Gasteiger partial charge on any atom is -0.461 e. The van der Waals surface area contributed by atoms with E-state index in [-0.39, 0.29) is 18.1 Å². The van der Waals surface area contributed by atoms with E-state index in [9.17, 15) is 14.4 Å². The van der Waals surface area contributed by atoms with Crippen molar-refractivity contribution >= 4 is 29.1 Å². The van der Waals surface area contributed by atoms with Crippen LogP contribution in [-0.2, 0) is 60.4 Å². The van der Waals surface area contributed by atoms with Gasteiger partial charge < -0.3 is 28.8 Å². The van der Waals surface area contributed by atoms with Gasteiger partial charge >= 0.3 is 5.97 Å². The van der Waals surface area contributed by atoms with Crippen LogP contribution in [-0.4, -0.2) is 68.0 Å². The lowest BCUT2D eigenvalue weighted by Gasteiger charge is -2.39. The molecule has 3 aliphatic heterocycles. The molecule has 0 saturated carbocycles. The van der Waals surface area contributed by atoms with Crippen LogP contribution in [0.5, 0.6) is 0 Å². The van der Waals surface area contributed by atoms with Gasteiger partial charge in [0.25, 0.3) is 11.5 Å². The lowest BCUT2D eigenvalue weighted by Crippen LogP contribution is -2.51. The topological polar surface area (TPSA) is 116 Å². The number of esters is 1. The Labute approximate surface area is 272 Å². The number of amides is 1. The van der Waals surface area contributed by atoms with Gasteiger partial charge in [-0.15, -0.1) is 0 Å². The number of hydrogen-bond acceptors (Lipinski definition) is 8. The van der Waals surface area contributed by atoms with Gasteiger partial charge in [0.15, 0.2) is 5.82 Å². The molecule has 1 fully saturated rings. The summed E-state index contributed by atoms with van der Waals surface area (Å²) >= 11 is 0. The van der Waals surface area contributed by atoms with Crippen LogP contribution < -0.4 is 15.8 Å². The van der Waals surface area contributed by atoms with Crippen molar-refractivity contribution in [3.63, 3.8) is 0 Å². The summed E-state index contributed by atoms with van der Waals surface area (Å²) in [5.74, 6) is 0.147. The molecule has 3 aromatic heterocycles. The fourth-order valence-corrected chi connectivity index (χ4v) is 7.47. The van der Waals surface area contributed by atoms with Crippen LogP contribution in [0, 0.1) is 0 Å². The van der Waals surface area contributed by atoms with E-state index >= 15 is 0 Å². The number of nitrogens with zero attached hydrogens (tertiary/aromatic N) is 6. The number of aromatic nitrogens is 4. The molecular weight excluding hydrogens is 598 g/mol. The fourth-order valence-electron chi connectivity index (χ4n) is 7.47. The Balaban J connectivity index is 1.13. The number of anilines is 3. The Morgan fingerprint density at radius 1 is 1.06 bits per heavy atom. The van der Waals surface area contributed by atoms with Crippen molar-refractivity contribution in [2.45, 2.75) is 64.9 Å². The van der Waals surface area contributed by atoms with Crippen molar-refractivity contribution < 1.29 is 19.1 Å². The van der Waals surface area contributed by atoms with E-state index in [0.29, 0.717) is 47.6 Å². The molecule has 0 atom stereocenters. The zero-order valence-corrected chi connectivity index (χ0v) is 26.8. The van der Waals surface area contributed by atoms with Gasteiger partial charge in [-0.2, -0.15) is 5.10 Å². The molecule has 4 aliphatic rings. The first-order valence-corrected chi connectivity index (χ1v) is 16.5. The molecule has 8 rings (SSSR count). The average Bonchev–Trinajstić information content (AvgIpc) is 3.62. The molecule has 0 spiro atoms. The fraction of sp³-hybridized carbons (Fsp3) is 0.429. The molecule has 1 aromatic carbocycles. The number of aryl methyl sites for hydroxylation is 2. The second-order valence-electron chi connectivity index (χ2n) is 13.0. The number of pyridine rings is 1. The van der Waals surface area contributed by atoms with Crippen LogP contribution in [0.2, 0.25) is 0 Å². The third kappa shape index (κ3) is 5.35. The van der Waals surface area contributed by atoms with Gasteiger partial charge in [-0.25, -0.2) is 0 Å². The summed E-state index contributed by atoms with van der Waals surface area (Å²) in [6, 6.07) is 12.1. The minimum atomic E-state index is -0.410. The van der Waals surface area contributed by atoms with Crippen LogP contribution in [0.15, 0.2) is 47.4 Å². The molecule has 47 heavy (non-hydrogen) atoms. The molecule has 1 aliphatic carbocycles. The van der Waals surface area contributed by atoms with Gasteiger partial charge in [0.1, 0.15) is 18.0 Å². The SMILES string of the molecule is CC(=O)OCc1c(-c2cc(Nc3cc4n(n3)CCN(C3COC3)C4)c(=O)n(C)c2)cccc1N1CCn2c(cc3c2CCCC3)C1=O. The molecule has 12 heteroatoms. The first-order chi connectivity index (χ1) is 22.8. The van der Waals surface area contributed by atoms with E-state index in [1.165, 1.54) is 22.7 Å². The second-order valence-corrected chi connectivity index (χ2v) is 13.0. The van der Waals surface area contributed by atoms with Crippen molar-refractivity contribution in [3.05, 3.63) is 81.2 Å². The number of carbonyl (C=O) groups is 2. The summed E-state index contributed by atoms with van der Waals surface area (Å²) in [5.41, 5.74) is 7.51. The maximum atomic E-state index is 14.0. The molecule has 6 heterocycles. The van der Waals surface area contributed by atoms with Crippen molar-refractivity contribution in [3.8, 4) is 11.1 Å². The summed E-state index contributed by atoms with van der Waals surface area (Å²) in [6.45, 7) is 6.61. The number of hydrogen-bond donors (Lipinski definition) is 1. The lowest BCUT2D eigenvalue weighted by atomic mass is 9.98. The van der Waals surface area contributed by atoms with Gasteiger partial charge in [-0.3, -0.25) is 24.0 Å². The van der Waals surface area contributed by atoms with Gasteiger partial charge in [0, 0.05) is 69.2 Å². The quantitative estimate of drug-likeness (QED) is 0.306. The molecule has 1 amide bonds. The molecule has 0 bridgehead atoms. The number of carbonyl (C=O) groups excluding carboxylic acids is 2. The lowest BCUT2D eigenvalue weighted by molar-refractivity contribution is -0.142. The van der Waals surface area contributed by atoms with E-state index < -0.39 is 5.97 Å². The summed E-state index contributed by atoms with van der Waals surface area (Å²) in [6.07, 6.45) is 6.09. The number of benzene rings is 1. The number of rotatable bonds is 7. The molecule has 1 N–H and O–H groups in total. The zero-order chi connectivity index (χ0) is 32.2. The highest BCUT2D eigenvalue weighted by molar-refractivity contribution is 6.07.